The van der Waals surface area contributed by atoms with Crippen LogP contribution in [0.4, 0.5) is 5.69 Å². The number of esters is 1. The molecular formula is C16H15NO6. The van der Waals surface area contributed by atoms with Gasteiger partial charge in [-0.3, -0.25) is 4.79 Å². The number of nitrogens with two attached hydrogens (primary N) is 1. The third-order valence-electron chi connectivity index (χ3n) is 2.98. The molecule has 2 aromatic rings. The normalized spacial score (nSPS) is 11.3. The fourth-order valence-corrected chi connectivity index (χ4v) is 1.76. The van der Waals surface area contributed by atoms with Gasteiger partial charge in [0, 0.05) is 23.4 Å². The standard InChI is InChI=1S/C16H15NO6/c1-9(4-10-2-3-11(19)5-13(10)17)16(21)23-15-8-22-12(7-18)6-14(15)20/h2-6,8,18-19H,7,17H2,1H3/b9-4+. The molecule has 1 aromatic carbocycles. The zero-order valence-corrected chi connectivity index (χ0v) is 12.3. The fraction of sp³-hybridized carbons (Fsp3) is 0.125. The average molecular weight is 317 g/mol. The van der Waals surface area contributed by atoms with Crippen LogP contribution in [0.1, 0.15) is 18.2 Å². The maximum absolute atomic E-state index is 12.0. The number of ether oxygens (including phenoxy) is 1. The number of hydrogen-bond donors (Lipinski definition) is 3. The zero-order valence-electron chi connectivity index (χ0n) is 12.3. The molecule has 0 saturated carbocycles. The minimum atomic E-state index is -0.749. The monoisotopic (exact) mass is 317 g/mol. The van der Waals surface area contributed by atoms with Crippen LogP contribution in [0.2, 0.25) is 0 Å². The number of carbonyl (C=O) groups is 1. The third-order valence-corrected chi connectivity index (χ3v) is 2.98. The second-order valence-corrected chi connectivity index (χ2v) is 4.76. The number of carbonyl (C=O) groups excluding carboxylic acids is 1. The molecule has 7 nitrogen and oxygen atoms in total. The predicted octanol–water partition coefficient (Wildman–Crippen LogP) is 1.43. The van der Waals surface area contributed by atoms with Gasteiger partial charge in [0.2, 0.25) is 11.2 Å². The molecule has 0 fully saturated rings. The van der Waals surface area contributed by atoms with Crippen molar-refractivity contribution in [3.05, 3.63) is 57.6 Å². The fourth-order valence-electron chi connectivity index (χ4n) is 1.76. The van der Waals surface area contributed by atoms with Gasteiger partial charge in [-0.2, -0.15) is 0 Å². The quantitative estimate of drug-likeness (QED) is 0.443. The van der Waals surface area contributed by atoms with E-state index in [1.54, 1.807) is 6.07 Å². The number of phenols is 1. The summed E-state index contributed by atoms with van der Waals surface area (Å²) in [4.78, 5) is 23.7. The molecule has 0 aliphatic rings. The number of benzene rings is 1. The topological polar surface area (TPSA) is 123 Å². The van der Waals surface area contributed by atoms with Gasteiger partial charge in [-0.25, -0.2) is 4.79 Å². The van der Waals surface area contributed by atoms with E-state index in [0.717, 1.165) is 12.3 Å². The van der Waals surface area contributed by atoms with E-state index in [9.17, 15) is 14.7 Å². The predicted molar refractivity (Wildman–Crippen MR) is 82.7 cm³/mol. The molecule has 7 heteroatoms. The number of anilines is 1. The molecule has 1 heterocycles. The number of hydrogen-bond acceptors (Lipinski definition) is 7. The Labute approximate surface area is 131 Å². The highest BCUT2D eigenvalue weighted by Crippen LogP contribution is 2.21. The highest BCUT2D eigenvalue weighted by atomic mass is 16.5. The molecule has 2 rings (SSSR count). The molecule has 0 saturated heterocycles. The van der Waals surface area contributed by atoms with Crippen molar-refractivity contribution in [1.29, 1.82) is 0 Å². The second kappa shape index (κ2) is 6.80. The van der Waals surface area contributed by atoms with E-state index in [4.69, 9.17) is 20.0 Å². The van der Waals surface area contributed by atoms with E-state index < -0.39 is 18.0 Å². The maximum atomic E-state index is 12.0. The lowest BCUT2D eigenvalue weighted by molar-refractivity contribution is -0.130. The molecule has 0 aliphatic carbocycles. The lowest BCUT2D eigenvalue weighted by Crippen LogP contribution is -2.15. The van der Waals surface area contributed by atoms with E-state index in [1.165, 1.54) is 25.1 Å². The van der Waals surface area contributed by atoms with Gasteiger partial charge < -0.3 is 25.1 Å². The Morgan fingerprint density at radius 1 is 1.39 bits per heavy atom. The number of aliphatic hydroxyl groups excluding tert-OH is 1. The van der Waals surface area contributed by atoms with Crippen molar-refractivity contribution in [2.75, 3.05) is 5.73 Å². The van der Waals surface area contributed by atoms with Crippen LogP contribution in [0.25, 0.3) is 6.08 Å². The summed E-state index contributed by atoms with van der Waals surface area (Å²) < 4.78 is 9.88. The molecule has 0 spiro atoms. The summed E-state index contributed by atoms with van der Waals surface area (Å²) in [6, 6.07) is 5.38. The summed E-state index contributed by atoms with van der Waals surface area (Å²) in [5, 5.41) is 18.1. The first kappa shape index (κ1) is 16.3. The van der Waals surface area contributed by atoms with Gasteiger partial charge in [0.25, 0.3) is 0 Å². The lowest BCUT2D eigenvalue weighted by Gasteiger charge is -2.05. The van der Waals surface area contributed by atoms with Crippen LogP contribution in [0.3, 0.4) is 0 Å². The summed E-state index contributed by atoms with van der Waals surface area (Å²) in [5.74, 6) is -0.944. The van der Waals surface area contributed by atoms with Crippen molar-refractivity contribution in [2.45, 2.75) is 13.5 Å². The molecule has 0 atom stereocenters. The van der Waals surface area contributed by atoms with Crippen LogP contribution in [0, 0.1) is 0 Å². The molecule has 4 N–H and O–H groups in total. The Kier molecular flexibility index (Phi) is 4.82. The molecule has 0 radical (unpaired) electrons. The summed E-state index contributed by atoms with van der Waals surface area (Å²) in [7, 11) is 0. The van der Waals surface area contributed by atoms with Gasteiger partial charge in [-0.15, -0.1) is 0 Å². The molecule has 0 bridgehead atoms. The Bertz CT molecular complexity index is 822. The van der Waals surface area contributed by atoms with Gasteiger partial charge in [0.15, 0.2) is 0 Å². The van der Waals surface area contributed by atoms with Crippen LogP contribution in [0.15, 0.2) is 45.3 Å². The van der Waals surface area contributed by atoms with Crippen LogP contribution >= 0.6 is 0 Å². The van der Waals surface area contributed by atoms with E-state index in [0.29, 0.717) is 11.3 Å². The van der Waals surface area contributed by atoms with Gasteiger partial charge >= 0.3 is 5.97 Å². The average Bonchev–Trinajstić information content (AvgIpc) is 2.51. The van der Waals surface area contributed by atoms with Gasteiger partial charge in [0.1, 0.15) is 24.4 Å². The van der Waals surface area contributed by atoms with Crippen molar-refractivity contribution in [2.24, 2.45) is 0 Å². The van der Waals surface area contributed by atoms with E-state index in [-0.39, 0.29) is 22.8 Å². The van der Waals surface area contributed by atoms with Crippen molar-refractivity contribution in [3.8, 4) is 11.5 Å². The SMILES string of the molecule is C/C(=C\c1ccc(O)cc1N)C(=O)Oc1coc(CO)cc1=O. The summed E-state index contributed by atoms with van der Waals surface area (Å²) in [6.07, 6.45) is 2.44. The van der Waals surface area contributed by atoms with Crippen LogP contribution < -0.4 is 15.9 Å². The minimum Gasteiger partial charge on any atom is -0.508 e. The number of nitrogen functional groups attached to an aromatic ring is 1. The Hall–Kier alpha value is -3.06. The zero-order chi connectivity index (χ0) is 17.0. The van der Waals surface area contributed by atoms with Crippen molar-refractivity contribution < 1.29 is 24.2 Å². The van der Waals surface area contributed by atoms with Crippen molar-refractivity contribution in [1.82, 2.24) is 0 Å². The highest BCUT2D eigenvalue weighted by molar-refractivity contribution is 5.95. The molecule has 0 amide bonds. The second-order valence-electron chi connectivity index (χ2n) is 4.76. The summed E-state index contributed by atoms with van der Waals surface area (Å²) >= 11 is 0. The van der Waals surface area contributed by atoms with Crippen LogP contribution in [-0.2, 0) is 11.4 Å². The summed E-state index contributed by atoms with van der Waals surface area (Å²) in [6.45, 7) is 1.07. The first-order valence-corrected chi connectivity index (χ1v) is 6.62. The molecule has 1 aromatic heterocycles. The Morgan fingerprint density at radius 3 is 2.74 bits per heavy atom. The van der Waals surface area contributed by atoms with Crippen molar-refractivity contribution in [3.63, 3.8) is 0 Å². The van der Waals surface area contributed by atoms with E-state index in [2.05, 4.69) is 0 Å². The molecular weight excluding hydrogens is 302 g/mol. The lowest BCUT2D eigenvalue weighted by atomic mass is 10.1. The van der Waals surface area contributed by atoms with Gasteiger partial charge in [-0.05, 0) is 30.7 Å². The van der Waals surface area contributed by atoms with Gasteiger partial charge in [-0.1, -0.05) is 0 Å². The molecule has 0 unspecified atom stereocenters. The maximum Gasteiger partial charge on any atom is 0.339 e. The van der Waals surface area contributed by atoms with E-state index in [1.807, 2.05) is 0 Å². The van der Waals surface area contributed by atoms with E-state index >= 15 is 0 Å². The summed E-state index contributed by atoms with van der Waals surface area (Å²) in [5.41, 5.74) is 6.18. The Balaban J connectivity index is 2.20. The number of phenolic OH excluding ortho intramolecular Hbond substituents is 1. The minimum absolute atomic E-state index is 0.0152. The van der Waals surface area contributed by atoms with Crippen molar-refractivity contribution >= 4 is 17.7 Å². The van der Waals surface area contributed by atoms with Gasteiger partial charge in [0.05, 0.1) is 0 Å². The third kappa shape index (κ3) is 3.98. The molecule has 0 aliphatic heterocycles. The number of aromatic hydroxyl groups is 1. The molecule has 120 valence electrons. The largest absolute Gasteiger partial charge is 0.508 e. The number of aliphatic hydroxyl groups is 1. The first-order valence-electron chi connectivity index (χ1n) is 6.62. The Morgan fingerprint density at radius 2 is 2.13 bits per heavy atom. The molecule has 23 heavy (non-hydrogen) atoms. The first-order chi connectivity index (χ1) is 10.9. The van der Waals surface area contributed by atoms with Crippen LogP contribution in [-0.4, -0.2) is 16.2 Å². The number of rotatable bonds is 4. The highest BCUT2D eigenvalue weighted by Gasteiger charge is 2.12. The van der Waals surface area contributed by atoms with Crippen LogP contribution in [0.5, 0.6) is 11.5 Å². The smallest absolute Gasteiger partial charge is 0.339 e.